The average Bonchev–Trinajstić information content (AvgIpc) is 2.55. The maximum Gasteiger partial charge on any atom is 0.151 e. The van der Waals surface area contributed by atoms with E-state index in [1.807, 2.05) is 39.0 Å². The molecule has 16 heavy (non-hydrogen) atoms. The molecule has 0 saturated carbocycles. The molecule has 0 amide bonds. The molecule has 0 aliphatic rings. The summed E-state index contributed by atoms with van der Waals surface area (Å²) in [4.78, 5) is 15.1. The van der Waals surface area contributed by atoms with Gasteiger partial charge in [-0.05, 0) is 39.0 Å². The van der Waals surface area contributed by atoms with E-state index >= 15 is 0 Å². The molecule has 2 aromatic heterocycles. The molecule has 0 aliphatic heterocycles. The van der Waals surface area contributed by atoms with E-state index in [-0.39, 0.29) is 0 Å². The van der Waals surface area contributed by atoms with Crippen molar-refractivity contribution >= 4 is 6.29 Å². The third-order valence-corrected chi connectivity index (χ3v) is 2.82. The third kappa shape index (κ3) is 1.54. The zero-order valence-electron chi connectivity index (χ0n) is 9.69. The highest BCUT2D eigenvalue weighted by Gasteiger charge is 2.11. The van der Waals surface area contributed by atoms with Crippen molar-refractivity contribution in [3.05, 3.63) is 47.0 Å². The van der Waals surface area contributed by atoms with Crippen molar-refractivity contribution < 1.29 is 4.79 Å². The van der Waals surface area contributed by atoms with E-state index in [1.165, 1.54) is 0 Å². The topological polar surface area (TPSA) is 34.9 Å². The summed E-state index contributed by atoms with van der Waals surface area (Å²) in [6.45, 7) is 5.91. The maximum atomic E-state index is 10.9. The lowest BCUT2D eigenvalue weighted by molar-refractivity contribution is 0.112. The number of hydrogen-bond donors (Lipinski definition) is 0. The first-order chi connectivity index (χ1) is 7.65. The first kappa shape index (κ1) is 10.6. The lowest BCUT2D eigenvalue weighted by Crippen LogP contribution is -2.02. The van der Waals surface area contributed by atoms with Gasteiger partial charge in [0.25, 0.3) is 0 Å². The highest BCUT2D eigenvalue weighted by molar-refractivity contribution is 5.77. The van der Waals surface area contributed by atoms with Crippen LogP contribution in [-0.4, -0.2) is 15.8 Å². The molecule has 0 radical (unpaired) electrons. The Morgan fingerprint density at radius 1 is 1.31 bits per heavy atom. The van der Waals surface area contributed by atoms with Crippen LogP contribution in [0.5, 0.6) is 0 Å². The largest absolute Gasteiger partial charge is 0.316 e. The summed E-state index contributed by atoms with van der Waals surface area (Å²) in [5.41, 5.74) is 4.74. The molecule has 3 nitrogen and oxygen atoms in total. The van der Waals surface area contributed by atoms with Gasteiger partial charge in [-0.25, -0.2) is 0 Å². The van der Waals surface area contributed by atoms with Crippen LogP contribution in [0.15, 0.2) is 24.4 Å². The van der Waals surface area contributed by atoms with Gasteiger partial charge in [0.15, 0.2) is 6.29 Å². The normalized spacial score (nSPS) is 10.4. The molecule has 2 aromatic rings. The van der Waals surface area contributed by atoms with E-state index in [0.29, 0.717) is 0 Å². The molecule has 0 saturated heterocycles. The summed E-state index contributed by atoms with van der Waals surface area (Å²) in [5.74, 6) is 0. The van der Waals surface area contributed by atoms with Gasteiger partial charge in [0.1, 0.15) is 0 Å². The standard InChI is InChI=1S/C13H14N2O/c1-9-7-12(8-16)11(3)15(9)13-5-4-6-14-10(13)2/h4-8H,1-3H3. The summed E-state index contributed by atoms with van der Waals surface area (Å²) in [5, 5.41) is 0. The van der Waals surface area contributed by atoms with E-state index in [2.05, 4.69) is 9.55 Å². The number of rotatable bonds is 2. The third-order valence-electron chi connectivity index (χ3n) is 2.82. The van der Waals surface area contributed by atoms with Crippen molar-refractivity contribution in [3.8, 4) is 5.69 Å². The molecule has 0 atom stereocenters. The fourth-order valence-corrected chi connectivity index (χ4v) is 1.99. The van der Waals surface area contributed by atoms with Crippen LogP contribution in [0.2, 0.25) is 0 Å². The van der Waals surface area contributed by atoms with Gasteiger partial charge < -0.3 is 4.57 Å². The SMILES string of the molecule is Cc1ncccc1-n1c(C)cc(C=O)c1C. The number of aromatic nitrogens is 2. The number of aldehydes is 1. The van der Waals surface area contributed by atoms with Gasteiger partial charge in [0, 0.05) is 23.1 Å². The van der Waals surface area contributed by atoms with Crippen molar-refractivity contribution in [1.29, 1.82) is 0 Å². The van der Waals surface area contributed by atoms with Crippen molar-refractivity contribution in [2.75, 3.05) is 0 Å². The molecule has 0 N–H and O–H groups in total. The number of nitrogens with zero attached hydrogens (tertiary/aromatic N) is 2. The minimum absolute atomic E-state index is 0.737. The number of hydrogen-bond acceptors (Lipinski definition) is 2. The van der Waals surface area contributed by atoms with Gasteiger partial charge >= 0.3 is 0 Å². The fourth-order valence-electron chi connectivity index (χ4n) is 1.99. The van der Waals surface area contributed by atoms with Crippen LogP contribution in [0, 0.1) is 20.8 Å². The maximum absolute atomic E-state index is 10.9. The van der Waals surface area contributed by atoms with Gasteiger partial charge in [0.2, 0.25) is 0 Å². The molecule has 0 spiro atoms. The number of pyridine rings is 1. The fraction of sp³-hybridized carbons (Fsp3) is 0.231. The summed E-state index contributed by atoms with van der Waals surface area (Å²) < 4.78 is 2.06. The summed E-state index contributed by atoms with van der Waals surface area (Å²) in [6.07, 6.45) is 2.66. The molecule has 82 valence electrons. The van der Waals surface area contributed by atoms with Gasteiger partial charge in [-0.3, -0.25) is 9.78 Å². The average molecular weight is 214 g/mol. The predicted octanol–water partition coefficient (Wildman–Crippen LogP) is 2.61. The second-order valence-corrected chi connectivity index (χ2v) is 3.89. The number of aryl methyl sites for hydroxylation is 2. The Morgan fingerprint density at radius 3 is 2.62 bits per heavy atom. The smallest absolute Gasteiger partial charge is 0.151 e. The second-order valence-electron chi connectivity index (χ2n) is 3.89. The summed E-state index contributed by atoms with van der Waals surface area (Å²) >= 11 is 0. The molecule has 0 aromatic carbocycles. The molecule has 0 aliphatic carbocycles. The Kier molecular flexibility index (Phi) is 2.60. The Balaban J connectivity index is 2.69. The lowest BCUT2D eigenvalue weighted by atomic mass is 10.2. The predicted molar refractivity (Wildman–Crippen MR) is 63.2 cm³/mol. The van der Waals surface area contributed by atoms with Gasteiger partial charge in [-0.2, -0.15) is 0 Å². The van der Waals surface area contributed by atoms with Crippen LogP contribution in [0.4, 0.5) is 0 Å². The van der Waals surface area contributed by atoms with E-state index in [9.17, 15) is 4.79 Å². The highest BCUT2D eigenvalue weighted by atomic mass is 16.1. The zero-order chi connectivity index (χ0) is 11.7. The highest BCUT2D eigenvalue weighted by Crippen LogP contribution is 2.20. The van der Waals surface area contributed by atoms with E-state index in [0.717, 1.165) is 34.6 Å². The van der Waals surface area contributed by atoms with Gasteiger partial charge in [0.05, 0.1) is 11.4 Å². The van der Waals surface area contributed by atoms with Crippen LogP contribution in [0.25, 0.3) is 5.69 Å². The molecule has 0 bridgehead atoms. The van der Waals surface area contributed by atoms with Crippen LogP contribution in [0.3, 0.4) is 0 Å². The Labute approximate surface area is 94.7 Å². The number of carbonyl (C=O) groups is 1. The summed E-state index contributed by atoms with van der Waals surface area (Å²) in [7, 11) is 0. The molecular weight excluding hydrogens is 200 g/mol. The van der Waals surface area contributed by atoms with E-state index < -0.39 is 0 Å². The van der Waals surface area contributed by atoms with Crippen molar-refractivity contribution in [3.63, 3.8) is 0 Å². The van der Waals surface area contributed by atoms with Crippen molar-refractivity contribution in [1.82, 2.24) is 9.55 Å². The van der Waals surface area contributed by atoms with E-state index in [4.69, 9.17) is 0 Å². The summed E-state index contributed by atoms with van der Waals surface area (Å²) in [6, 6.07) is 5.81. The molecular formula is C13H14N2O. The Bertz CT molecular complexity index is 541. The van der Waals surface area contributed by atoms with Gasteiger partial charge in [-0.1, -0.05) is 0 Å². The Hall–Kier alpha value is -1.90. The van der Waals surface area contributed by atoms with Crippen molar-refractivity contribution in [2.45, 2.75) is 20.8 Å². The number of carbonyl (C=O) groups excluding carboxylic acids is 1. The zero-order valence-corrected chi connectivity index (χ0v) is 9.69. The lowest BCUT2D eigenvalue weighted by Gasteiger charge is -2.11. The molecule has 0 fully saturated rings. The van der Waals surface area contributed by atoms with Crippen LogP contribution < -0.4 is 0 Å². The molecule has 2 rings (SSSR count). The monoisotopic (exact) mass is 214 g/mol. The van der Waals surface area contributed by atoms with E-state index in [1.54, 1.807) is 6.20 Å². The van der Waals surface area contributed by atoms with Crippen molar-refractivity contribution in [2.24, 2.45) is 0 Å². The quantitative estimate of drug-likeness (QED) is 0.720. The molecule has 0 unspecified atom stereocenters. The first-order valence-electron chi connectivity index (χ1n) is 5.21. The molecule has 2 heterocycles. The van der Waals surface area contributed by atoms with Crippen LogP contribution in [-0.2, 0) is 0 Å². The minimum Gasteiger partial charge on any atom is -0.316 e. The van der Waals surface area contributed by atoms with Gasteiger partial charge in [-0.15, -0.1) is 0 Å². The van der Waals surface area contributed by atoms with Crippen LogP contribution in [0.1, 0.15) is 27.4 Å². The Morgan fingerprint density at radius 2 is 2.06 bits per heavy atom. The minimum atomic E-state index is 0.737. The second kappa shape index (κ2) is 3.93. The molecule has 3 heteroatoms. The first-order valence-corrected chi connectivity index (χ1v) is 5.21. The van der Waals surface area contributed by atoms with Crippen LogP contribution >= 0.6 is 0 Å².